The predicted molar refractivity (Wildman–Crippen MR) is 125 cm³/mol. The minimum atomic E-state index is -0.124. The Kier molecular flexibility index (Phi) is 44.2. The van der Waals surface area contributed by atoms with E-state index in [0.29, 0.717) is 0 Å². The summed E-state index contributed by atoms with van der Waals surface area (Å²) in [6.45, 7) is 25.6. The van der Waals surface area contributed by atoms with Gasteiger partial charge >= 0.3 is 0 Å². The monoisotopic (exact) mass is 386 g/mol. The van der Waals surface area contributed by atoms with E-state index in [1.807, 2.05) is 54.5 Å². The van der Waals surface area contributed by atoms with Gasteiger partial charge in [0.05, 0.1) is 0 Å². The average molecular weight is 387 g/mol. The summed E-state index contributed by atoms with van der Waals surface area (Å²) in [4.78, 5) is 9.44. The van der Waals surface area contributed by atoms with Crippen LogP contribution in [0.1, 0.15) is 113 Å². The van der Waals surface area contributed by atoms with Gasteiger partial charge in [0.15, 0.2) is 0 Å². The fraction of sp³-hybridized carbons (Fsp3) is 0.720. The van der Waals surface area contributed by atoms with Gasteiger partial charge in [-0.25, -0.2) is 4.39 Å². The number of aryl methyl sites for hydroxylation is 2. The molecule has 0 saturated carbocycles. The van der Waals surface area contributed by atoms with Gasteiger partial charge in [-0.15, -0.1) is 0 Å². The Balaban J connectivity index is -0.0000000820. The fourth-order valence-corrected chi connectivity index (χ4v) is 1.92. The van der Waals surface area contributed by atoms with Crippen molar-refractivity contribution in [1.82, 2.24) is 0 Å². The zero-order chi connectivity index (χ0) is 22.8. The van der Waals surface area contributed by atoms with Crippen LogP contribution in [0.4, 0.5) is 4.39 Å². The van der Waals surface area contributed by atoms with Gasteiger partial charge < -0.3 is 4.79 Å². The number of carbonyl (C=O) groups is 1. The van der Waals surface area contributed by atoms with Crippen molar-refractivity contribution in [1.29, 1.82) is 0 Å². The molecule has 0 radical (unpaired) electrons. The molecule has 0 aliphatic heterocycles. The number of ketones is 1. The maximum absolute atomic E-state index is 12.5. The smallest absolute Gasteiger partial charge is 0.126 e. The molecule has 0 fully saturated rings. The van der Waals surface area contributed by atoms with Gasteiger partial charge in [0.25, 0.3) is 0 Å². The molecular weight excluding hydrogens is 335 g/mol. The molecule has 0 unspecified atom stereocenters. The molecule has 0 N–H and O–H groups in total. The van der Waals surface area contributed by atoms with Crippen LogP contribution in [0.15, 0.2) is 18.2 Å². The molecule has 2 heteroatoms. The normalized spacial score (nSPS) is 7.96. The highest BCUT2D eigenvalue weighted by Gasteiger charge is 1.95. The van der Waals surface area contributed by atoms with Crippen molar-refractivity contribution in [3.8, 4) is 0 Å². The number of carbonyl (C=O) groups excluding carboxylic acids is 1. The third-order valence-corrected chi connectivity index (χ3v) is 2.88. The van der Waals surface area contributed by atoms with Crippen LogP contribution in [0.25, 0.3) is 0 Å². The number of hydrogen-bond acceptors (Lipinski definition) is 1. The van der Waals surface area contributed by atoms with E-state index in [9.17, 15) is 9.18 Å². The van der Waals surface area contributed by atoms with Gasteiger partial charge in [-0.05, 0) is 45.2 Å². The summed E-state index contributed by atoms with van der Waals surface area (Å²) >= 11 is 0. The molecule has 1 aromatic carbocycles. The van der Waals surface area contributed by atoms with Gasteiger partial charge in [-0.3, -0.25) is 0 Å². The molecule has 0 bridgehead atoms. The zero-order valence-electron chi connectivity index (χ0n) is 20.9. The van der Waals surface area contributed by atoms with Crippen molar-refractivity contribution in [2.24, 2.45) is 5.92 Å². The standard InChI is InChI=1S/C8H9F.C8H18.C3H6O.3C2H6/c1-6-3-4-8(9)7(2)5-6;1-4-6-8(3)7-5-2;1-3(2)4;3*1-2/h3-5H,1-2H3;8H,4-7H2,1-3H3;1-2H3;3*1-2H3. The maximum Gasteiger partial charge on any atom is 0.126 e. The lowest BCUT2D eigenvalue weighted by Gasteiger charge is -2.05. The lowest BCUT2D eigenvalue weighted by Crippen LogP contribution is -1.91. The molecule has 27 heavy (non-hydrogen) atoms. The summed E-state index contributed by atoms with van der Waals surface area (Å²) in [7, 11) is 0. The number of Topliss-reactive ketones (excluding diaryl/α,β-unsaturated/α-hetero) is 1. The van der Waals surface area contributed by atoms with Crippen molar-refractivity contribution >= 4 is 5.78 Å². The van der Waals surface area contributed by atoms with Crippen molar-refractivity contribution in [3.05, 3.63) is 35.1 Å². The summed E-state index contributed by atoms with van der Waals surface area (Å²) in [5.74, 6) is 1.01. The van der Waals surface area contributed by atoms with Crippen LogP contribution in [0.5, 0.6) is 0 Å². The minimum absolute atomic E-state index is 0.124. The van der Waals surface area contributed by atoms with Crippen LogP contribution >= 0.6 is 0 Å². The zero-order valence-corrected chi connectivity index (χ0v) is 20.9. The molecule has 1 nitrogen and oxygen atoms in total. The summed E-state index contributed by atoms with van der Waals surface area (Å²) in [5.41, 5.74) is 1.82. The summed E-state index contributed by atoms with van der Waals surface area (Å²) < 4.78 is 12.5. The van der Waals surface area contributed by atoms with Crippen molar-refractivity contribution in [2.75, 3.05) is 0 Å². The van der Waals surface area contributed by atoms with Gasteiger partial charge in [-0.2, -0.15) is 0 Å². The van der Waals surface area contributed by atoms with Gasteiger partial charge in [-0.1, -0.05) is 106 Å². The molecule has 0 heterocycles. The summed E-state index contributed by atoms with van der Waals surface area (Å²) in [6.07, 6.45) is 5.52. The van der Waals surface area contributed by atoms with Crippen molar-refractivity contribution in [2.45, 2.75) is 116 Å². The Bertz CT molecular complexity index is 376. The minimum Gasteiger partial charge on any atom is -0.300 e. The molecule has 1 rings (SSSR count). The Morgan fingerprint density at radius 1 is 0.889 bits per heavy atom. The molecule has 0 atom stereocenters. The van der Waals surface area contributed by atoms with Crippen LogP contribution in [-0.2, 0) is 4.79 Å². The topological polar surface area (TPSA) is 17.1 Å². The molecule has 0 saturated heterocycles. The quantitative estimate of drug-likeness (QED) is 0.503. The summed E-state index contributed by atoms with van der Waals surface area (Å²) in [6, 6.07) is 5.09. The average Bonchev–Trinajstić information content (AvgIpc) is 2.64. The van der Waals surface area contributed by atoms with Crippen LogP contribution in [0.2, 0.25) is 0 Å². The second-order valence-electron chi connectivity index (χ2n) is 5.84. The molecule has 0 amide bonds. The molecular formula is C25H51FO. The van der Waals surface area contributed by atoms with Crippen molar-refractivity contribution in [3.63, 3.8) is 0 Å². The first-order valence-corrected chi connectivity index (χ1v) is 10.9. The highest BCUT2D eigenvalue weighted by atomic mass is 19.1. The first-order valence-electron chi connectivity index (χ1n) is 10.9. The second-order valence-corrected chi connectivity index (χ2v) is 5.84. The lowest BCUT2D eigenvalue weighted by molar-refractivity contribution is -0.114. The third-order valence-electron chi connectivity index (χ3n) is 2.88. The predicted octanol–water partition coefficient (Wildman–Crippen LogP) is 9.34. The molecule has 0 aliphatic carbocycles. The van der Waals surface area contributed by atoms with Gasteiger partial charge in [0.2, 0.25) is 0 Å². The Morgan fingerprint density at radius 3 is 1.44 bits per heavy atom. The Morgan fingerprint density at radius 2 is 1.22 bits per heavy atom. The fourth-order valence-electron chi connectivity index (χ4n) is 1.92. The number of halogens is 1. The highest BCUT2D eigenvalue weighted by molar-refractivity contribution is 5.72. The molecule has 164 valence electrons. The van der Waals surface area contributed by atoms with E-state index >= 15 is 0 Å². The SMILES string of the molecule is CC.CC.CC.CC(C)=O.CCCC(C)CCC.Cc1ccc(F)c(C)c1. The van der Waals surface area contributed by atoms with E-state index in [0.717, 1.165) is 17.0 Å². The van der Waals surface area contributed by atoms with E-state index in [-0.39, 0.29) is 11.6 Å². The first kappa shape index (κ1) is 36.7. The Labute approximate surface area is 172 Å². The third kappa shape index (κ3) is 40.7. The van der Waals surface area contributed by atoms with E-state index < -0.39 is 0 Å². The molecule has 0 spiro atoms. The Hall–Kier alpha value is -1.18. The van der Waals surface area contributed by atoms with Gasteiger partial charge in [0.1, 0.15) is 11.6 Å². The molecule has 0 aromatic heterocycles. The first-order chi connectivity index (χ1) is 12.7. The van der Waals surface area contributed by atoms with E-state index in [2.05, 4.69) is 20.8 Å². The number of rotatable bonds is 4. The van der Waals surface area contributed by atoms with Crippen LogP contribution in [0, 0.1) is 25.6 Å². The number of benzene rings is 1. The molecule has 0 aliphatic rings. The highest BCUT2D eigenvalue weighted by Crippen LogP contribution is 2.10. The van der Waals surface area contributed by atoms with E-state index in [1.165, 1.54) is 45.6 Å². The molecule has 1 aromatic rings. The summed E-state index contributed by atoms with van der Waals surface area (Å²) in [5, 5.41) is 0. The van der Waals surface area contributed by atoms with Gasteiger partial charge in [0, 0.05) is 0 Å². The van der Waals surface area contributed by atoms with Crippen LogP contribution in [0.3, 0.4) is 0 Å². The van der Waals surface area contributed by atoms with E-state index in [1.54, 1.807) is 13.0 Å². The number of hydrogen-bond donors (Lipinski definition) is 0. The second kappa shape index (κ2) is 32.5. The largest absolute Gasteiger partial charge is 0.300 e. The van der Waals surface area contributed by atoms with Crippen LogP contribution in [-0.4, -0.2) is 5.78 Å². The van der Waals surface area contributed by atoms with E-state index in [4.69, 9.17) is 0 Å². The maximum atomic E-state index is 12.5. The van der Waals surface area contributed by atoms with Crippen molar-refractivity contribution < 1.29 is 9.18 Å². The van der Waals surface area contributed by atoms with Crippen LogP contribution < -0.4 is 0 Å². The lowest BCUT2D eigenvalue weighted by atomic mass is 10.0.